The van der Waals surface area contributed by atoms with Gasteiger partial charge < -0.3 is 14.7 Å². The van der Waals surface area contributed by atoms with Crippen LogP contribution >= 0.6 is 0 Å². The summed E-state index contributed by atoms with van der Waals surface area (Å²) in [7, 11) is 0. The van der Waals surface area contributed by atoms with Gasteiger partial charge in [0.15, 0.2) is 0 Å². The molecule has 5 rings (SSSR count). The summed E-state index contributed by atoms with van der Waals surface area (Å²) >= 11 is 0. The van der Waals surface area contributed by atoms with Crippen LogP contribution in [0.3, 0.4) is 0 Å². The van der Waals surface area contributed by atoms with Crippen LogP contribution in [0.25, 0.3) is 0 Å². The number of anilines is 1. The van der Waals surface area contributed by atoms with Crippen molar-refractivity contribution >= 4 is 17.6 Å². The fraction of sp³-hybridized carbons (Fsp3) is 0.720. The second-order valence-electron chi connectivity index (χ2n) is 10.2. The molecule has 6 nitrogen and oxygen atoms in total. The molecule has 0 N–H and O–H groups in total. The maximum absolute atomic E-state index is 13.2. The van der Waals surface area contributed by atoms with Crippen molar-refractivity contribution in [3.63, 3.8) is 0 Å². The summed E-state index contributed by atoms with van der Waals surface area (Å²) in [5.41, 5.74) is 0.177. The Bertz CT molecular complexity index is 776. The Morgan fingerprint density at radius 1 is 0.935 bits per heavy atom. The number of pyridine rings is 1. The lowest BCUT2D eigenvalue weighted by molar-refractivity contribution is -0.135. The highest BCUT2D eigenvalue weighted by Gasteiger charge is 2.59. The van der Waals surface area contributed by atoms with Gasteiger partial charge in [-0.1, -0.05) is 25.3 Å². The molecule has 0 radical (unpaired) electrons. The molecule has 1 unspecified atom stereocenters. The van der Waals surface area contributed by atoms with Crippen LogP contribution < -0.4 is 4.90 Å². The quantitative estimate of drug-likeness (QED) is 0.744. The molecular weight excluding hydrogens is 388 g/mol. The number of piperazine rings is 1. The molecule has 2 saturated carbocycles. The average molecular weight is 425 g/mol. The number of aromatic nitrogens is 1. The van der Waals surface area contributed by atoms with Gasteiger partial charge in [-0.15, -0.1) is 0 Å². The second kappa shape index (κ2) is 8.79. The molecule has 1 atom stereocenters. The van der Waals surface area contributed by atoms with E-state index in [4.69, 9.17) is 0 Å². The van der Waals surface area contributed by atoms with Gasteiger partial charge in [0.05, 0.1) is 0 Å². The Balaban J connectivity index is 1.08. The van der Waals surface area contributed by atoms with Crippen molar-refractivity contribution in [2.45, 2.75) is 57.8 Å². The largest absolute Gasteiger partial charge is 0.353 e. The number of hydrogen-bond acceptors (Lipinski definition) is 4. The molecule has 0 bridgehead atoms. The minimum absolute atomic E-state index is 0.177. The van der Waals surface area contributed by atoms with E-state index in [1.54, 1.807) is 0 Å². The lowest BCUT2D eigenvalue weighted by Crippen LogP contribution is -2.50. The minimum atomic E-state index is 0.177. The lowest BCUT2D eigenvalue weighted by atomic mass is 9.86. The smallest absolute Gasteiger partial charge is 0.226 e. The number of carbonyl (C=O) groups is 2. The molecule has 168 valence electrons. The normalized spacial score (nSPS) is 26.2. The number of amides is 2. The van der Waals surface area contributed by atoms with Crippen molar-refractivity contribution < 1.29 is 9.59 Å². The van der Waals surface area contributed by atoms with E-state index in [-0.39, 0.29) is 11.3 Å². The predicted molar refractivity (Wildman–Crippen MR) is 121 cm³/mol. The highest BCUT2D eigenvalue weighted by molar-refractivity contribution is 5.83. The number of likely N-dealkylation sites (tertiary alicyclic amines) is 1. The van der Waals surface area contributed by atoms with Crippen LogP contribution in [0.4, 0.5) is 5.82 Å². The van der Waals surface area contributed by atoms with Crippen LogP contribution in [0.15, 0.2) is 24.4 Å². The van der Waals surface area contributed by atoms with E-state index >= 15 is 0 Å². The van der Waals surface area contributed by atoms with Gasteiger partial charge in [0, 0.05) is 57.8 Å². The molecule has 6 heteroatoms. The molecule has 2 saturated heterocycles. The third kappa shape index (κ3) is 4.44. The molecule has 0 aromatic carbocycles. The molecule has 3 heterocycles. The van der Waals surface area contributed by atoms with E-state index < -0.39 is 0 Å². The predicted octanol–water partition coefficient (Wildman–Crippen LogP) is 3.33. The summed E-state index contributed by atoms with van der Waals surface area (Å²) in [4.78, 5) is 36.8. The van der Waals surface area contributed by atoms with Gasteiger partial charge in [0.2, 0.25) is 11.8 Å². The zero-order valence-electron chi connectivity index (χ0n) is 18.7. The Morgan fingerprint density at radius 2 is 1.68 bits per heavy atom. The third-order valence-electron chi connectivity index (χ3n) is 8.35. The summed E-state index contributed by atoms with van der Waals surface area (Å²) in [6, 6.07) is 5.99. The average Bonchev–Trinajstić information content (AvgIpc) is 3.53. The van der Waals surface area contributed by atoms with E-state index in [2.05, 4.69) is 19.7 Å². The standard InChI is InChI=1S/C25H36N4O2/c30-23(18-20-6-2-1-3-7-20)28-12-9-25(10-13-28)19-21(25)24(31)29-16-14-27(15-17-29)22-8-4-5-11-26-22/h4-5,8,11,20-21H,1-3,6-7,9-10,12-19H2. The van der Waals surface area contributed by atoms with Crippen molar-refractivity contribution in [1.82, 2.24) is 14.8 Å². The zero-order valence-corrected chi connectivity index (χ0v) is 18.7. The Hall–Kier alpha value is -2.11. The van der Waals surface area contributed by atoms with E-state index in [1.807, 2.05) is 24.4 Å². The molecule has 31 heavy (non-hydrogen) atoms. The zero-order chi connectivity index (χ0) is 21.3. The van der Waals surface area contributed by atoms with E-state index in [9.17, 15) is 9.59 Å². The maximum atomic E-state index is 13.2. The number of rotatable bonds is 4. The van der Waals surface area contributed by atoms with E-state index in [1.165, 1.54) is 32.1 Å². The first-order valence-corrected chi connectivity index (χ1v) is 12.4. The van der Waals surface area contributed by atoms with Crippen molar-refractivity contribution in [2.24, 2.45) is 17.3 Å². The summed E-state index contributed by atoms with van der Waals surface area (Å²) in [5, 5.41) is 0. The second-order valence-corrected chi connectivity index (χ2v) is 10.2. The monoisotopic (exact) mass is 424 g/mol. The first kappa shape index (κ1) is 20.8. The summed E-state index contributed by atoms with van der Waals surface area (Å²) in [5.74, 6) is 2.50. The molecule has 1 aromatic heterocycles. The van der Waals surface area contributed by atoms with Crippen molar-refractivity contribution in [3.8, 4) is 0 Å². The summed E-state index contributed by atoms with van der Waals surface area (Å²) < 4.78 is 0. The first-order valence-electron chi connectivity index (χ1n) is 12.4. The number of carbonyl (C=O) groups excluding carboxylic acids is 2. The molecular formula is C25H36N4O2. The van der Waals surface area contributed by atoms with Crippen molar-refractivity contribution in [2.75, 3.05) is 44.2 Å². The van der Waals surface area contributed by atoms with Crippen molar-refractivity contribution in [1.29, 1.82) is 0 Å². The number of hydrogen-bond donors (Lipinski definition) is 0. The molecule has 4 aliphatic rings. The Morgan fingerprint density at radius 3 is 2.35 bits per heavy atom. The minimum Gasteiger partial charge on any atom is -0.353 e. The van der Waals surface area contributed by atoms with Crippen LogP contribution in [0, 0.1) is 17.3 Å². The number of nitrogens with zero attached hydrogens (tertiary/aromatic N) is 4. The van der Waals surface area contributed by atoms with Crippen LogP contribution in [0.5, 0.6) is 0 Å². The summed E-state index contributed by atoms with van der Waals surface area (Å²) in [6.45, 7) is 4.98. The third-order valence-corrected chi connectivity index (χ3v) is 8.35. The fourth-order valence-electron chi connectivity index (χ4n) is 6.14. The Labute approximate surface area is 186 Å². The highest BCUT2D eigenvalue weighted by atomic mass is 16.2. The van der Waals surface area contributed by atoms with Gasteiger partial charge in [-0.2, -0.15) is 0 Å². The van der Waals surface area contributed by atoms with E-state index in [0.717, 1.165) is 70.8 Å². The van der Waals surface area contributed by atoms with Crippen LogP contribution in [0.2, 0.25) is 0 Å². The maximum Gasteiger partial charge on any atom is 0.226 e. The van der Waals surface area contributed by atoms with Gasteiger partial charge >= 0.3 is 0 Å². The fourth-order valence-corrected chi connectivity index (χ4v) is 6.14. The van der Waals surface area contributed by atoms with Gasteiger partial charge in [0.25, 0.3) is 0 Å². The van der Waals surface area contributed by atoms with Crippen molar-refractivity contribution in [3.05, 3.63) is 24.4 Å². The molecule has 1 spiro atoms. The van der Waals surface area contributed by atoms with Gasteiger partial charge in [-0.25, -0.2) is 4.98 Å². The molecule has 2 aliphatic carbocycles. The topological polar surface area (TPSA) is 56.8 Å². The van der Waals surface area contributed by atoms with Crippen LogP contribution in [0.1, 0.15) is 57.8 Å². The van der Waals surface area contributed by atoms with Gasteiger partial charge in [-0.3, -0.25) is 9.59 Å². The molecule has 2 amide bonds. The number of piperidine rings is 1. The molecule has 4 fully saturated rings. The first-order chi connectivity index (χ1) is 15.1. The molecule has 2 aliphatic heterocycles. The SMILES string of the molecule is O=C(CC1CCCCC1)N1CCC2(CC1)CC2C(=O)N1CCN(c2ccccn2)CC1. The van der Waals surface area contributed by atoms with Gasteiger partial charge in [0.1, 0.15) is 5.82 Å². The highest BCUT2D eigenvalue weighted by Crippen LogP contribution is 2.60. The lowest BCUT2D eigenvalue weighted by Gasteiger charge is -2.37. The summed E-state index contributed by atoms with van der Waals surface area (Å²) in [6.07, 6.45) is 12.0. The Kier molecular flexibility index (Phi) is 5.89. The van der Waals surface area contributed by atoms with Gasteiger partial charge in [-0.05, 0) is 55.6 Å². The van der Waals surface area contributed by atoms with Crippen LogP contribution in [-0.2, 0) is 9.59 Å². The van der Waals surface area contributed by atoms with Crippen LogP contribution in [-0.4, -0.2) is 65.9 Å². The van der Waals surface area contributed by atoms with E-state index in [0.29, 0.717) is 17.7 Å². The molecule has 1 aromatic rings.